The molecule has 1 heterocycles. The van der Waals surface area contributed by atoms with Crippen LogP contribution in [0.15, 0.2) is 72.1 Å². The van der Waals surface area contributed by atoms with E-state index in [1.54, 1.807) is 0 Å². The van der Waals surface area contributed by atoms with Crippen LogP contribution in [0, 0.1) is 0 Å². The second-order valence-electron chi connectivity index (χ2n) is 4.89. The zero-order valence-electron chi connectivity index (χ0n) is 11.6. The smallest absolute Gasteiger partial charge is 0.358 e. The highest BCUT2D eigenvalue weighted by atomic mass is 79.9. The molecule has 1 aliphatic heterocycles. The minimum absolute atomic E-state index is 0.104. The third kappa shape index (κ3) is 2.14. The fraction of sp³-hybridized carbons (Fsp3) is 0.125. The van der Waals surface area contributed by atoms with Crippen LogP contribution in [0.2, 0.25) is 0 Å². The standard InChI is InChI=1S/C16H16BBrN2/c1-13-14(2)20(16-11-7-4-8-12-16)17(18)19(13)15-9-5-3-6-10-15/h3-12H,1-2H3. The van der Waals surface area contributed by atoms with Crippen LogP contribution in [0.1, 0.15) is 13.8 Å². The first kappa shape index (κ1) is 13.3. The molecule has 0 aromatic heterocycles. The molecular formula is C16H16BBrN2. The first-order chi connectivity index (χ1) is 9.70. The molecule has 0 saturated heterocycles. The van der Waals surface area contributed by atoms with Gasteiger partial charge in [0.25, 0.3) is 0 Å². The van der Waals surface area contributed by atoms with E-state index < -0.39 is 0 Å². The molecule has 4 heteroatoms. The Bertz CT molecular complexity index is 572. The second kappa shape index (κ2) is 5.37. The van der Waals surface area contributed by atoms with Gasteiger partial charge in [0.1, 0.15) is 0 Å². The monoisotopic (exact) mass is 326 g/mol. The summed E-state index contributed by atoms with van der Waals surface area (Å²) < 4.78 is 0. The molecule has 0 atom stereocenters. The Kier molecular flexibility index (Phi) is 3.57. The maximum atomic E-state index is 3.84. The molecule has 2 aromatic carbocycles. The number of para-hydroxylation sites is 2. The lowest BCUT2D eigenvalue weighted by molar-refractivity contribution is 1.19. The molecule has 3 rings (SSSR count). The number of hydrogen-bond donors (Lipinski definition) is 0. The van der Waals surface area contributed by atoms with E-state index in [1.165, 1.54) is 22.8 Å². The van der Waals surface area contributed by atoms with Gasteiger partial charge in [0, 0.05) is 22.8 Å². The number of benzene rings is 2. The summed E-state index contributed by atoms with van der Waals surface area (Å²) in [6.07, 6.45) is 0. The van der Waals surface area contributed by atoms with Crippen molar-refractivity contribution in [3.8, 4) is 0 Å². The Morgan fingerprint density at radius 3 is 1.40 bits per heavy atom. The molecule has 0 radical (unpaired) electrons. The summed E-state index contributed by atoms with van der Waals surface area (Å²) in [7, 11) is 0. The zero-order chi connectivity index (χ0) is 14.1. The van der Waals surface area contributed by atoms with Crippen molar-refractivity contribution in [1.29, 1.82) is 0 Å². The molecule has 100 valence electrons. The molecule has 20 heavy (non-hydrogen) atoms. The average Bonchev–Trinajstić information content (AvgIpc) is 2.71. The van der Waals surface area contributed by atoms with Crippen molar-refractivity contribution in [3.05, 3.63) is 72.1 Å². The number of anilines is 2. The predicted molar refractivity (Wildman–Crippen MR) is 90.9 cm³/mol. The maximum absolute atomic E-state index is 3.84. The summed E-state index contributed by atoms with van der Waals surface area (Å²) in [5.41, 5.74) is 4.93. The van der Waals surface area contributed by atoms with Crippen molar-refractivity contribution in [3.63, 3.8) is 0 Å². The number of hydrogen-bond acceptors (Lipinski definition) is 2. The topological polar surface area (TPSA) is 6.48 Å². The van der Waals surface area contributed by atoms with E-state index in [9.17, 15) is 0 Å². The summed E-state index contributed by atoms with van der Waals surface area (Å²) in [4.78, 5) is 4.62. The summed E-state index contributed by atoms with van der Waals surface area (Å²) in [5.74, 6) is 0.104. The van der Waals surface area contributed by atoms with Crippen LogP contribution < -0.4 is 9.62 Å². The number of halogens is 1. The second-order valence-corrected chi connectivity index (χ2v) is 5.71. The highest BCUT2D eigenvalue weighted by Gasteiger charge is 2.38. The zero-order valence-corrected chi connectivity index (χ0v) is 13.2. The van der Waals surface area contributed by atoms with Gasteiger partial charge >= 0.3 is 5.81 Å². The van der Waals surface area contributed by atoms with Crippen molar-refractivity contribution in [2.75, 3.05) is 9.62 Å². The molecular weight excluding hydrogens is 311 g/mol. The number of allylic oxidation sites excluding steroid dienone is 2. The van der Waals surface area contributed by atoms with Gasteiger partial charge in [-0.05, 0) is 38.1 Å². The average molecular weight is 327 g/mol. The number of rotatable bonds is 2. The molecule has 0 N–H and O–H groups in total. The summed E-state index contributed by atoms with van der Waals surface area (Å²) in [5, 5.41) is 0. The van der Waals surface area contributed by atoms with E-state index in [0.717, 1.165) is 0 Å². The third-order valence-electron chi connectivity index (χ3n) is 3.74. The van der Waals surface area contributed by atoms with Crippen LogP contribution in [0.4, 0.5) is 11.4 Å². The largest absolute Gasteiger partial charge is 0.464 e. The van der Waals surface area contributed by atoms with Gasteiger partial charge in [-0.1, -0.05) is 52.2 Å². The first-order valence-electron chi connectivity index (χ1n) is 6.70. The van der Waals surface area contributed by atoms with Gasteiger partial charge in [-0.25, -0.2) is 0 Å². The van der Waals surface area contributed by atoms with Crippen molar-refractivity contribution < 1.29 is 0 Å². The van der Waals surface area contributed by atoms with E-state index in [1.807, 2.05) is 12.1 Å². The fourth-order valence-electron chi connectivity index (χ4n) is 2.59. The van der Waals surface area contributed by atoms with Crippen LogP contribution in [-0.4, -0.2) is 5.81 Å². The Morgan fingerprint density at radius 2 is 1.05 bits per heavy atom. The molecule has 0 spiro atoms. The van der Waals surface area contributed by atoms with E-state index in [-0.39, 0.29) is 5.81 Å². The summed E-state index contributed by atoms with van der Waals surface area (Å²) in [6.45, 7) is 4.33. The Labute approximate surface area is 128 Å². The van der Waals surface area contributed by atoms with Crippen LogP contribution in [0.5, 0.6) is 0 Å². The highest BCUT2D eigenvalue weighted by molar-refractivity contribution is 9.24. The lowest BCUT2D eigenvalue weighted by atomic mass is 10.0. The van der Waals surface area contributed by atoms with Gasteiger partial charge in [0.05, 0.1) is 0 Å². The van der Waals surface area contributed by atoms with Crippen molar-refractivity contribution in [1.82, 2.24) is 0 Å². The van der Waals surface area contributed by atoms with Gasteiger partial charge in [-0.3, -0.25) is 0 Å². The fourth-order valence-corrected chi connectivity index (χ4v) is 3.68. The van der Waals surface area contributed by atoms with E-state index >= 15 is 0 Å². The molecule has 0 fully saturated rings. The maximum Gasteiger partial charge on any atom is 0.464 e. The van der Waals surface area contributed by atoms with Gasteiger partial charge < -0.3 is 9.62 Å². The molecule has 2 nitrogen and oxygen atoms in total. The molecule has 1 aliphatic rings. The quantitative estimate of drug-likeness (QED) is 0.741. The SMILES string of the molecule is CC1=C(C)N(c2ccccc2)B(Br)N1c1ccccc1. The van der Waals surface area contributed by atoms with Crippen LogP contribution >= 0.6 is 15.8 Å². The molecule has 0 bridgehead atoms. The lowest BCUT2D eigenvalue weighted by Gasteiger charge is -2.27. The van der Waals surface area contributed by atoms with Crippen LogP contribution in [0.3, 0.4) is 0 Å². The Hall–Kier alpha value is -1.68. The summed E-state index contributed by atoms with van der Waals surface area (Å²) in [6, 6.07) is 20.9. The number of nitrogens with zero attached hydrogens (tertiary/aromatic N) is 2. The van der Waals surface area contributed by atoms with Crippen LogP contribution in [-0.2, 0) is 0 Å². The van der Waals surface area contributed by atoms with Crippen molar-refractivity contribution >= 4 is 32.9 Å². The molecule has 0 saturated carbocycles. The van der Waals surface area contributed by atoms with E-state index in [4.69, 9.17) is 0 Å². The van der Waals surface area contributed by atoms with E-state index in [2.05, 4.69) is 87.8 Å². The highest BCUT2D eigenvalue weighted by Crippen LogP contribution is 2.37. The first-order valence-corrected chi connectivity index (χ1v) is 7.62. The van der Waals surface area contributed by atoms with Crippen molar-refractivity contribution in [2.24, 2.45) is 0 Å². The third-order valence-corrected chi connectivity index (χ3v) is 4.56. The molecule has 0 unspecified atom stereocenters. The Balaban J connectivity index is 2.02. The Morgan fingerprint density at radius 1 is 0.700 bits per heavy atom. The minimum atomic E-state index is 0.104. The molecule has 2 aromatic rings. The molecule has 0 aliphatic carbocycles. The van der Waals surface area contributed by atoms with Gasteiger partial charge in [0.15, 0.2) is 0 Å². The van der Waals surface area contributed by atoms with Crippen molar-refractivity contribution in [2.45, 2.75) is 13.8 Å². The molecule has 0 amide bonds. The van der Waals surface area contributed by atoms with Gasteiger partial charge in [-0.2, -0.15) is 0 Å². The lowest BCUT2D eigenvalue weighted by Crippen LogP contribution is -2.40. The van der Waals surface area contributed by atoms with E-state index in [0.29, 0.717) is 0 Å². The predicted octanol–water partition coefficient (Wildman–Crippen LogP) is 4.64. The van der Waals surface area contributed by atoms with Gasteiger partial charge in [-0.15, -0.1) is 0 Å². The normalized spacial score (nSPS) is 15.2. The van der Waals surface area contributed by atoms with Gasteiger partial charge in [0.2, 0.25) is 0 Å². The van der Waals surface area contributed by atoms with Crippen LogP contribution in [0.25, 0.3) is 0 Å². The summed E-state index contributed by atoms with van der Waals surface area (Å²) >= 11 is 3.84. The minimum Gasteiger partial charge on any atom is -0.358 e.